The number of hydrogen-bond donors (Lipinski definition) is 1. The van der Waals surface area contributed by atoms with Crippen molar-refractivity contribution < 1.29 is 9.13 Å². The van der Waals surface area contributed by atoms with Crippen molar-refractivity contribution >= 4 is 12.4 Å². The molecule has 2 N–H and O–H groups in total. The van der Waals surface area contributed by atoms with Crippen molar-refractivity contribution in [2.45, 2.75) is 18.7 Å². The topological polar surface area (TPSA) is 35.2 Å². The van der Waals surface area contributed by atoms with Crippen LogP contribution in [0.3, 0.4) is 0 Å². The highest BCUT2D eigenvalue weighted by Crippen LogP contribution is 2.14. The molecule has 0 spiro atoms. The van der Waals surface area contributed by atoms with Gasteiger partial charge in [0.25, 0.3) is 0 Å². The van der Waals surface area contributed by atoms with E-state index in [-0.39, 0.29) is 18.5 Å². The fourth-order valence-corrected chi connectivity index (χ4v) is 0.838. The number of halogens is 2. The Hall–Kier alpha value is 0.140. The molecule has 9 heavy (non-hydrogen) atoms. The molecular weight excluding hydrogens is 145 g/mol. The maximum absolute atomic E-state index is 12.4. The van der Waals surface area contributed by atoms with Crippen molar-refractivity contribution in [1.82, 2.24) is 0 Å². The molecule has 0 aromatic rings. The molecule has 1 aliphatic rings. The summed E-state index contributed by atoms with van der Waals surface area (Å²) in [5.74, 6) is 0. The average Bonchev–Trinajstić information content (AvgIpc) is 2.14. The van der Waals surface area contributed by atoms with E-state index >= 15 is 0 Å². The smallest absolute Gasteiger partial charge is 0.130 e. The normalized spacial score (nSPS) is 34.0. The molecule has 0 bridgehead atoms. The van der Waals surface area contributed by atoms with Gasteiger partial charge in [-0.3, -0.25) is 0 Å². The van der Waals surface area contributed by atoms with Gasteiger partial charge in [-0.1, -0.05) is 0 Å². The highest BCUT2D eigenvalue weighted by Gasteiger charge is 2.25. The molecule has 0 aliphatic carbocycles. The van der Waals surface area contributed by atoms with Crippen LogP contribution >= 0.6 is 12.4 Å². The number of alkyl halides is 1. The Labute approximate surface area is 60.0 Å². The second-order valence-electron chi connectivity index (χ2n) is 1.95. The fourth-order valence-electron chi connectivity index (χ4n) is 0.838. The van der Waals surface area contributed by atoms with Crippen molar-refractivity contribution in [2.75, 3.05) is 13.2 Å². The zero-order chi connectivity index (χ0) is 5.98. The van der Waals surface area contributed by atoms with E-state index in [0.29, 0.717) is 19.6 Å². The first-order valence-corrected chi connectivity index (χ1v) is 2.80. The SMILES string of the molecule is Cl.NCC1OCCC1F. The molecular formula is C5H11ClFNO. The van der Waals surface area contributed by atoms with Crippen molar-refractivity contribution in [1.29, 1.82) is 0 Å². The minimum atomic E-state index is -0.819. The quantitative estimate of drug-likeness (QED) is 0.599. The van der Waals surface area contributed by atoms with Gasteiger partial charge in [0.05, 0.1) is 6.61 Å². The third kappa shape index (κ3) is 2.08. The molecule has 0 aromatic carbocycles. The predicted octanol–water partition coefficient (Wildman–Crippen LogP) is 0.494. The molecule has 0 radical (unpaired) electrons. The average molecular weight is 156 g/mol. The third-order valence-electron chi connectivity index (χ3n) is 1.36. The summed E-state index contributed by atoms with van der Waals surface area (Å²) in [4.78, 5) is 0. The minimum absolute atomic E-state index is 0. The van der Waals surface area contributed by atoms with E-state index in [1.54, 1.807) is 0 Å². The Morgan fingerprint density at radius 2 is 2.33 bits per heavy atom. The van der Waals surface area contributed by atoms with Gasteiger partial charge in [0.2, 0.25) is 0 Å². The third-order valence-corrected chi connectivity index (χ3v) is 1.36. The summed E-state index contributed by atoms with van der Waals surface area (Å²) in [6, 6.07) is 0. The van der Waals surface area contributed by atoms with E-state index in [1.807, 2.05) is 0 Å². The zero-order valence-electron chi connectivity index (χ0n) is 5.05. The molecule has 0 amide bonds. The lowest BCUT2D eigenvalue weighted by Crippen LogP contribution is -2.26. The van der Waals surface area contributed by atoms with Gasteiger partial charge in [-0.05, 0) is 0 Å². The van der Waals surface area contributed by atoms with Crippen LogP contribution in [0, 0.1) is 0 Å². The Balaban J connectivity index is 0.000000640. The lowest BCUT2D eigenvalue weighted by Gasteiger charge is -2.06. The summed E-state index contributed by atoms with van der Waals surface area (Å²) in [5.41, 5.74) is 5.16. The molecule has 1 rings (SSSR count). The molecule has 0 saturated carbocycles. The van der Waals surface area contributed by atoms with Gasteiger partial charge in [0.15, 0.2) is 0 Å². The number of ether oxygens (including phenoxy) is 1. The lowest BCUT2D eigenvalue weighted by atomic mass is 10.2. The summed E-state index contributed by atoms with van der Waals surface area (Å²) >= 11 is 0. The Morgan fingerprint density at radius 3 is 2.56 bits per heavy atom. The van der Waals surface area contributed by atoms with Crippen LogP contribution in [0.1, 0.15) is 6.42 Å². The zero-order valence-corrected chi connectivity index (χ0v) is 5.86. The highest BCUT2D eigenvalue weighted by molar-refractivity contribution is 5.85. The fraction of sp³-hybridized carbons (Fsp3) is 1.00. The molecule has 2 nitrogen and oxygen atoms in total. The van der Waals surface area contributed by atoms with Crippen LogP contribution in [-0.4, -0.2) is 25.4 Å². The van der Waals surface area contributed by atoms with Gasteiger partial charge in [-0.15, -0.1) is 12.4 Å². The van der Waals surface area contributed by atoms with Crippen molar-refractivity contribution in [2.24, 2.45) is 5.73 Å². The summed E-state index contributed by atoms with van der Waals surface area (Å²) < 4.78 is 17.3. The molecule has 1 heterocycles. The molecule has 2 atom stereocenters. The van der Waals surface area contributed by atoms with Crippen molar-refractivity contribution in [3.05, 3.63) is 0 Å². The summed E-state index contributed by atoms with van der Waals surface area (Å²) in [5, 5.41) is 0. The second-order valence-corrected chi connectivity index (χ2v) is 1.95. The largest absolute Gasteiger partial charge is 0.374 e. The van der Waals surface area contributed by atoms with E-state index in [4.69, 9.17) is 10.5 Å². The standard InChI is InChI=1S/C5H10FNO.ClH/c6-4-1-2-8-5(4)3-7;/h4-5H,1-3,7H2;1H. The molecule has 1 saturated heterocycles. The van der Waals surface area contributed by atoms with Crippen LogP contribution < -0.4 is 5.73 Å². The molecule has 1 fully saturated rings. The van der Waals surface area contributed by atoms with Crippen LogP contribution in [0.2, 0.25) is 0 Å². The van der Waals surface area contributed by atoms with Crippen molar-refractivity contribution in [3.63, 3.8) is 0 Å². The Bertz CT molecular complexity index is 83.4. The van der Waals surface area contributed by atoms with Gasteiger partial charge in [0.1, 0.15) is 12.3 Å². The monoisotopic (exact) mass is 155 g/mol. The van der Waals surface area contributed by atoms with E-state index in [1.165, 1.54) is 0 Å². The minimum Gasteiger partial charge on any atom is -0.374 e. The molecule has 4 heteroatoms. The second kappa shape index (κ2) is 4.04. The first kappa shape index (κ1) is 9.14. The molecule has 1 aliphatic heterocycles. The summed E-state index contributed by atoms with van der Waals surface area (Å²) in [7, 11) is 0. The van der Waals surface area contributed by atoms with E-state index < -0.39 is 6.17 Å². The number of nitrogens with two attached hydrogens (primary N) is 1. The first-order valence-electron chi connectivity index (χ1n) is 2.80. The maximum Gasteiger partial charge on any atom is 0.130 e. The van der Waals surface area contributed by atoms with Gasteiger partial charge >= 0.3 is 0 Å². The van der Waals surface area contributed by atoms with E-state index in [0.717, 1.165) is 0 Å². The predicted molar refractivity (Wildman–Crippen MR) is 35.6 cm³/mol. The van der Waals surface area contributed by atoms with E-state index in [9.17, 15) is 4.39 Å². The molecule has 2 unspecified atom stereocenters. The van der Waals surface area contributed by atoms with Gasteiger partial charge in [0, 0.05) is 13.0 Å². The van der Waals surface area contributed by atoms with Gasteiger partial charge < -0.3 is 10.5 Å². The van der Waals surface area contributed by atoms with Gasteiger partial charge in [-0.25, -0.2) is 4.39 Å². The number of hydrogen-bond acceptors (Lipinski definition) is 2. The van der Waals surface area contributed by atoms with Crippen molar-refractivity contribution in [3.8, 4) is 0 Å². The number of rotatable bonds is 1. The van der Waals surface area contributed by atoms with Gasteiger partial charge in [-0.2, -0.15) is 0 Å². The van der Waals surface area contributed by atoms with E-state index in [2.05, 4.69) is 0 Å². The highest BCUT2D eigenvalue weighted by atomic mass is 35.5. The van der Waals surface area contributed by atoms with Crippen LogP contribution in [0.15, 0.2) is 0 Å². The lowest BCUT2D eigenvalue weighted by molar-refractivity contribution is 0.0845. The molecule has 0 aromatic heterocycles. The van der Waals surface area contributed by atoms with Crippen LogP contribution in [0.4, 0.5) is 4.39 Å². The Kier molecular flexibility index (Phi) is 4.10. The Morgan fingerprint density at radius 1 is 1.67 bits per heavy atom. The summed E-state index contributed by atoms with van der Waals surface area (Å²) in [6.45, 7) is 0.838. The van der Waals surface area contributed by atoms with Crippen LogP contribution in [-0.2, 0) is 4.74 Å². The summed E-state index contributed by atoms with van der Waals surface area (Å²) in [6.07, 6.45) is -0.628. The van der Waals surface area contributed by atoms with Crippen LogP contribution in [0.25, 0.3) is 0 Å². The maximum atomic E-state index is 12.4. The van der Waals surface area contributed by atoms with Crippen LogP contribution in [0.5, 0.6) is 0 Å². The first-order chi connectivity index (χ1) is 3.84. The molecule has 56 valence electrons.